The quantitative estimate of drug-likeness (QED) is 0.185. The number of azide groups is 1. The van der Waals surface area contributed by atoms with Crippen LogP contribution < -0.4 is 5.46 Å². The Morgan fingerprint density at radius 1 is 1.53 bits per heavy atom. The maximum Gasteiger partial charge on any atom is 0.495 e. The second-order valence-electron chi connectivity index (χ2n) is 2.90. The van der Waals surface area contributed by atoms with Crippen molar-refractivity contribution in [1.82, 2.24) is 0 Å². The van der Waals surface area contributed by atoms with E-state index in [1.165, 1.54) is 0 Å². The lowest BCUT2D eigenvalue weighted by Crippen LogP contribution is -2.32. The number of nitrogens with zero attached hydrogens (tertiary/aromatic N) is 4. The van der Waals surface area contributed by atoms with E-state index in [2.05, 4.69) is 10.0 Å². The maximum absolute atomic E-state index is 11.1. The van der Waals surface area contributed by atoms with Gasteiger partial charge in [0.25, 0.3) is 5.69 Å². The molecule has 0 unspecified atom stereocenters. The average molecular weight is 236 g/mol. The molecule has 0 aromatic heterocycles. The first-order valence-electron chi connectivity index (χ1n) is 4.21. The van der Waals surface area contributed by atoms with Gasteiger partial charge in [-0.05, 0) is 10.6 Å². The molecule has 0 aliphatic heterocycles. The van der Waals surface area contributed by atoms with Crippen molar-refractivity contribution in [2.75, 3.05) is 0 Å². The normalized spacial score (nSPS) is 9.29. The fraction of sp³-hybridized carbons (Fsp3) is 0. The number of hydrogen-bond donors (Lipinski definition) is 2. The van der Waals surface area contributed by atoms with Gasteiger partial charge in [-0.2, -0.15) is 0 Å². The molecule has 9 nitrogen and oxygen atoms in total. The molecule has 0 bridgehead atoms. The number of benzene rings is 1. The fourth-order valence-electron chi connectivity index (χ4n) is 1.15. The van der Waals surface area contributed by atoms with Crippen molar-refractivity contribution in [3.8, 4) is 0 Å². The van der Waals surface area contributed by atoms with E-state index in [0.717, 1.165) is 18.2 Å². The van der Waals surface area contributed by atoms with Crippen LogP contribution in [0.15, 0.2) is 23.3 Å². The minimum absolute atomic E-state index is 0.209. The molecule has 0 spiro atoms. The van der Waals surface area contributed by atoms with Crippen LogP contribution in [-0.2, 0) is 0 Å². The Hall–Kier alpha value is -2.42. The van der Waals surface area contributed by atoms with Gasteiger partial charge in [-0.15, -0.1) is 0 Å². The predicted octanol–water partition coefficient (Wildman–Crippen LogP) is -0.275. The molecule has 1 amide bonds. The van der Waals surface area contributed by atoms with Crippen molar-refractivity contribution >= 4 is 24.2 Å². The molecule has 0 saturated heterocycles. The Balaban J connectivity index is 3.32. The van der Waals surface area contributed by atoms with Crippen molar-refractivity contribution in [1.29, 1.82) is 0 Å². The molecular formula is C7H5BN4O5. The summed E-state index contributed by atoms with van der Waals surface area (Å²) in [7, 11) is -2.03. The van der Waals surface area contributed by atoms with Crippen molar-refractivity contribution < 1.29 is 19.8 Å². The zero-order valence-corrected chi connectivity index (χ0v) is 8.22. The summed E-state index contributed by atoms with van der Waals surface area (Å²) < 4.78 is 0. The molecule has 0 radical (unpaired) electrons. The Bertz CT molecular complexity index is 525. The number of nitro groups is 1. The molecule has 0 saturated carbocycles. The second kappa shape index (κ2) is 5.08. The molecular weight excluding hydrogens is 231 g/mol. The van der Waals surface area contributed by atoms with Crippen LogP contribution in [0.25, 0.3) is 10.4 Å². The highest BCUT2D eigenvalue weighted by atomic mass is 16.6. The maximum atomic E-state index is 11.1. The van der Waals surface area contributed by atoms with Crippen LogP contribution in [0.2, 0.25) is 0 Å². The highest BCUT2D eigenvalue weighted by Gasteiger charge is 2.24. The van der Waals surface area contributed by atoms with Gasteiger partial charge in [-0.25, -0.2) is 0 Å². The Morgan fingerprint density at radius 2 is 2.18 bits per heavy atom. The van der Waals surface area contributed by atoms with E-state index in [1.54, 1.807) is 0 Å². The van der Waals surface area contributed by atoms with Crippen LogP contribution in [0, 0.1) is 10.1 Å². The summed E-state index contributed by atoms with van der Waals surface area (Å²) >= 11 is 0. The summed E-state index contributed by atoms with van der Waals surface area (Å²) in [5.41, 5.74) is 6.84. The number of carbonyl (C=O) groups is 1. The Morgan fingerprint density at radius 3 is 2.65 bits per heavy atom. The van der Waals surface area contributed by atoms with Gasteiger partial charge in [0.05, 0.1) is 10.4 Å². The lowest BCUT2D eigenvalue weighted by Gasteiger charge is -2.02. The molecule has 0 heterocycles. The van der Waals surface area contributed by atoms with Gasteiger partial charge in [-0.1, -0.05) is 12.1 Å². The molecule has 0 aliphatic carbocycles. The lowest BCUT2D eigenvalue weighted by molar-refractivity contribution is -0.383. The molecule has 17 heavy (non-hydrogen) atoms. The van der Waals surface area contributed by atoms with E-state index in [4.69, 9.17) is 15.6 Å². The average Bonchev–Trinajstić information content (AvgIpc) is 2.28. The number of hydrogen-bond acceptors (Lipinski definition) is 5. The first kappa shape index (κ1) is 12.7. The number of rotatable bonds is 3. The molecule has 1 rings (SSSR count). The van der Waals surface area contributed by atoms with Crippen LogP contribution in [0.1, 0.15) is 10.4 Å². The molecule has 86 valence electrons. The summed E-state index contributed by atoms with van der Waals surface area (Å²) in [4.78, 5) is 23.1. The largest absolute Gasteiger partial charge is 0.495 e. The van der Waals surface area contributed by atoms with Gasteiger partial charge < -0.3 is 10.0 Å². The van der Waals surface area contributed by atoms with E-state index in [1.807, 2.05) is 0 Å². The minimum Gasteiger partial charge on any atom is -0.423 e. The number of amides is 1. The van der Waals surface area contributed by atoms with E-state index in [9.17, 15) is 14.9 Å². The zero-order chi connectivity index (χ0) is 13.0. The van der Waals surface area contributed by atoms with E-state index < -0.39 is 23.6 Å². The SMILES string of the molecule is [N-]=[N+]=NC(=O)c1ccc(B(O)O)c([N+](=O)[O-])c1. The van der Waals surface area contributed by atoms with Gasteiger partial charge in [-0.3, -0.25) is 14.9 Å². The lowest BCUT2D eigenvalue weighted by atomic mass is 9.78. The Labute approximate surface area is 94.2 Å². The summed E-state index contributed by atoms with van der Waals surface area (Å²) in [6.45, 7) is 0. The van der Waals surface area contributed by atoms with Crippen molar-refractivity contribution in [2.24, 2.45) is 5.11 Å². The molecule has 10 heteroatoms. The molecule has 0 fully saturated rings. The van der Waals surface area contributed by atoms with Crippen molar-refractivity contribution in [3.05, 3.63) is 44.3 Å². The van der Waals surface area contributed by atoms with E-state index >= 15 is 0 Å². The van der Waals surface area contributed by atoms with Gasteiger partial charge in [0.15, 0.2) is 0 Å². The van der Waals surface area contributed by atoms with Crippen molar-refractivity contribution in [3.63, 3.8) is 0 Å². The van der Waals surface area contributed by atoms with Crippen LogP contribution in [0.5, 0.6) is 0 Å². The topological polar surface area (TPSA) is 149 Å². The monoisotopic (exact) mass is 236 g/mol. The first-order chi connectivity index (χ1) is 7.97. The molecule has 2 N–H and O–H groups in total. The third kappa shape index (κ3) is 2.79. The van der Waals surface area contributed by atoms with Crippen LogP contribution >= 0.6 is 0 Å². The number of nitro benzene ring substituents is 1. The predicted molar refractivity (Wildman–Crippen MR) is 56.4 cm³/mol. The molecule has 1 aromatic carbocycles. The van der Waals surface area contributed by atoms with Gasteiger partial charge in [0, 0.05) is 16.5 Å². The highest BCUT2D eigenvalue weighted by Crippen LogP contribution is 2.12. The van der Waals surface area contributed by atoms with Gasteiger partial charge in [0.2, 0.25) is 5.91 Å². The summed E-state index contributed by atoms with van der Waals surface area (Å²) in [6.07, 6.45) is 0. The highest BCUT2D eigenvalue weighted by molar-refractivity contribution is 6.60. The smallest absolute Gasteiger partial charge is 0.423 e. The Kier molecular flexibility index (Phi) is 3.78. The summed E-state index contributed by atoms with van der Waals surface area (Å²) in [5, 5.41) is 31.1. The first-order valence-corrected chi connectivity index (χ1v) is 4.21. The third-order valence-electron chi connectivity index (χ3n) is 1.89. The molecule has 0 atom stereocenters. The van der Waals surface area contributed by atoms with Crippen LogP contribution in [-0.4, -0.2) is 28.0 Å². The van der Waals surface area contributed by atoms with Crippen molar-refractivity contribution in [2.45, 2.75) is 0 Å². The minimum atomic E-state index is -2.03. The zero-order valence-electron chi connectivity index (χ0n) is 8.22. The van der Waals surface area contributed by atoms with Gasteiger partial charge in [0.1, 0.15) is 0 Å². The summed E-state index contributed by atoms with van der Waals surface area (Å²) in [6, 6.07) is 2.91. The van der Waals surface area contributed by atoms with E-state index in [0.29, 0.717) is 0 Å². The third-order valence-corrected chi connectivity index (χ3v) is 1.89. The fourth-order valence-corrected chi connectivity index (χ4v) is 1.15. The number of carbonyl (C=O) groups excluding carboxylic acids is 1. The summed E-state index contributed by atoms with van der Waals surface area (Å²) in [5.74, 6) is -0.991. The van der Waals surface area contributed by atoms with E-state index in [-0.39, 0.29) is 11.0 Å². The van der Waals surface area contributed by atoms with Crippen LogP contribution in [0.4, 0.5) is 5.69 Å². The van der Waals surface area contributed by atoms with Gasteiger partial charge >= 0.3 is 7.12 Å². The van der Waals surface area contributed by atoms with Crippen LogP contribution in [0.3, 0.4) is 0 Å². The molecule has 1 aromatic rings. The standard InChI is InChI=1S/C7H5BN4O5/c9-11-10-7(13)4-1-2-5(8(14)15)6(3-4)12(16)17/h1-3,14-15H. The molecule has 0 aliphatic rings. The second-order valence-corrected chi connectivity index (χ2v) is 2.90.